The molecule has 1 fully saturated rings. The van der Waals surface area contributed by atoms with Crippen molar-refractivity contribution in [3.63, 3.8) is 0 Å². The van der Waals surface area contributed by atoms with Crippen molar-refractivity contribution in [2.45, 2.75) is 42.1 Å². The molecule has 2 atom stereocenters. The van der Waals surface area contributed by atoms with E-state index in [-0.39, 0.29) is 0 Å². The Kier molecular flexibility index (Phi) is 4.73. The van der Waals surface area contributed by atoms with Crippen LogP contribution in [0, 0.1) is 5.92 Å². The molecular formula is C13H17F3N2S. The van der Waals surface area contributed by atoms with Gasteiger partial charge in [0, 0.05) is 11.4 Å². The fraction of sp³-hybridized carbons (Fsp3) is 0.615. The summed E-state index contributed by atoms with van der Waals surface area (Å²) in [6, 6.07) is 2.55. The molecule has 1 aromatic rings. The van der Waals surface area contributed by atoms with Crippen LogP contribution in [0.15, 0.2) is 23.4 Å². The Balaban J connectivity index is 2.02. The summed E-state index contributed by atoms with van der Waals surface area (Å²) in [7, 11) is 0. The molecule has 1 saturated carbocycles. The first-order chi connectivity index (χ1) is 9.00. The van der Waals surface area contributed by atoms with Crippen molar-refractivity contribution in [2.75, 3.05) is 6.54 Å². The maximum absolute atomic E-state index is 12.4. The van der Waals surface area contributed by atoms with Gasteiger partial charge in [0.05, 0.1) is 10.6 Å². The predicted molar refractivity (Wildman–Crippen MR) is 69.9 cm³/mol. The highest BCUT2D eigenvalue weighted by Crippen LogP contribution is 2.37. The Bertz CT molecular complexity index is 405. The number of pyridine rings is 1. The maximum Gasteiger partial charge on any atom is 0.417 e. The van der Waals surface area contributed by atoms with Crippen LogP contribution in [0.5, 0.6) is 0 Å². The number of nitrogens with two attached hydrogens (primary N) is 1. The smallest absolute Gasteiger partial charge is 0.330 e. The number of alkyl halides is 3. The lowest BCUT2D eigenvalue weighted by Crippen LogP contribution is -2.28. The molecule has 1 heterocycles. The van der Waals surface area contributed by atoms with Crippen LogP contribution >= 0.6 is 11.8 Å². The van der Waals surface area contributed by atoms with Gasteiger partial charge in [0.25, 0.3) is 0 Å². The lowest BCUT2D eigenvalue weighted by Gasteiger charge is -2.29. The molecule has 0 radical (unpaired) electrons. The van der Waals surface area contributed by atoms with Gasteiger partial charge in [-0.3, -0.25) is 0 Å². The summed E-state index contributed by atoms with van der Waals surface area (Å²) in [6.45, 7) is 0.637. The van der Waals surface area contributed by atoms with E-state index < -0.39 is 11.7 Å². The summed E-state index contributed by atoms with van der Waals surface area (Å²) in [5.41, 5.74) is 5.05. The molecule has 2 rings (SSSR count). The Morgan fingerprint density at radius 1 is 1.26 bits per heavy atom. The zero-order valence-corrected chi connectivity index (χ0v) is 11.3. The van der Waals surface area contributed by atoms with Crippen LogP contribution in [0.2, 0.25) is 0 Å². The van der Waals surface area contributed by atoms with E-state index in [4.69, 9.17) is 5.73 Å². The number of halogens is 3. The SMILES string of the molecule is NCC1CCCCC1Sc1ccc(C(F)(F)F)cn1. The van der Waals surface area contributed by atoms with Crippen LogP contribution in [0.1, 0.15) is 31.2 Å². The monoisotopic (exact) mass is 290 g/mol. The molecular weight excluding hydrogens is 273 g/mol. The average molecular weight is 290 g/mol. The first-order valence-corrected chi connectivity index (χ1v) is 7.28. The number of thioether (sulfide) groups is 1. The molecule has 0 amide bonds. The summed E-state index contributed by atoms with van der Waals surface area (Å²) in [6.07, 6.45) is 1.11. The van der Waals surface area contributed by atoms with Gasteiger partial charge in [0.15, 0.2) is 0 Å². The molecule has 0 saturated heterocycles. The molecule has 1 aliphatic carbocycles. The fourth-order valence-electron chi connectivity index (χ4n) is 2.37. The van der Waals surface area contributed by atoms with Crippen LogP contribution in [0.4, 0.5) is 13.2 Å². The van der Waals surface area contributed by atoms with Gasteiger partial charge in [0.2, 0.25) is 0 Å². The number of rotatable bonds is 3. The van der Waals surface area contributed by atoms with Gasteiger partial charge in [-0.1, -0.05) is 12.8 Å². The largest absolute Gasteiger partial charge is 0.417 e. The van der Waals surface area contributed by atoms with Crippen molar-refractivity contribution in [2.24, 2.45) is 11.7 Å². The lowest BCUT2D eigenvalue weighted by molar-refractivity contribution is -0.137. The molecule has 19 heavy (non-hydrogen) atoms. The number of nitrogens with zero attached hydrogens (tertiary/aromatic N) is 1. The number of hydrogen-bond donors (Lipinski definition) is 1. The van der Waals surface area contributed by atoms with Gasteiger partial charge in [0.1, 0.15) is 0 Å². The second-order valence-corrected chi connectivity index (χ2v) is 6.08. The average Bonchev–Trinajstić information content (AvgIpc) is 2.39. The van der Waals surface area contributed by atoms with E-state index in [1.54, 1.807) is 11.8 Å². The molecule has 1 aliphatic rings. The van der Waals surface area contributed by atoms with Crippen LogP contribution in [0.25, 0.3) is 0 Å². The third kappa shape index (κ3) is 3.86. The topological polar surface area (TPSA) is 38.9 Å². The maximum atomic E-state index is 12.4. The molecule has 2 N–H and O–H groups in total. The Morgan fingerprint density at radius 3 is 2.58 bits per heavy atom. The van der Waals surface area contributed by atoms with E-state index in [9.17, 15) is 13.2 Å². The molecule has 106 valence electrons. The van der Waals surface area contributed by atoms with E-state index >= 15 is 0 Å². The van der Waals surface area contributed by atoms with Crippen molar-refractivity contribution in [1.82, 2.24) is 4.98 Å². The minimum Gasteiger partial charge on any atom is -0.330 e. The fourth-order valence-corrected chi connectivity index (χ4v) is 3.67. The Hall–Kier alpha value is -0.750. The van der Waals surface area contributed by atoms with Crippen LogP contribution in [0.3, 0.4) is 0 Å². The van der Waals surface area contributed by atoms with Crippen LogP contribution in [-0.2, 0) is 6.18 Å². The van der Waals surface area contributed by atoms with Crippen LogP contribution < -0.4 is 5.73 Å². The van der Waals surface area contributed by atoms with Crippen LogP contribution in [-0.4, -0.2) is 16.8 Å². The van der Waals surface area contributed by atoms with Gasteiger partial charge in [-0.05, 0) is 37.4 Å². The quantitative estimate of drug-likeness (QED) is 0.922. The van der Waals surface area contributed by atoms with E-state index in [2.05, 4.69) is 4.98 Å². The summed E-state index contributed by atoms with van der Waals surface area (Å²) < 4.78 is 37.3. The van der Waals surface area contributed by atoms with Gasteiger partial charge in [-0.2, -0.15) is 13.2 Å². The van der Waals surface area contributed by atoms with E-state index in [1.807, 2.05) is 0 Å². The molecule has 2 unspecified atom stereocenters. The standard InChI is InChI=1S/C13H17F3N2S/c14-13(15,16)10-5-6-12(18-8-10)19-11-4-2-1-3-9(11)7-17/h5-6,8-9,11H,1-4,7,17H2. The third-order valence-electron chi connectivity index (χ3n) is 3.48. The van der Waals surface area contributed by atoms with Gasteiger partial charge in [-0.25, -0.2) is 4.98 Å². The highest BCUT2D eigenvalue weighted by atomic mass is 32.2. The Morgan fingerprint density at radius 2 is 2.00 bits per heavy atom. The van der Waals surface area contributed by atoms with Crippen molar-refractivity contribution in [3.8, 4) is 0 Å². The van der Waals surface area contributed by atoms with E-state index in [0.29, 0.717) is 22.7 Å². The van der Waals surface area contributed by atoms with Gasteiger partial charge >= 0.3 is 6.18 Å². The second kappa shape index (κ2) is 6.13. The predicted octanol–water partition coefficient (Wildman–Crippen LogP) is 3.71. The minimum absolute atomic E-state index is 0.378. The van der Waals surface area contributed by atoms with E-state index in [0.717, 1.165) is 31.5 Å². The molecule has 0 bridgehead atoms. The molecule has 0 aliphatic heterocycles. The summed E-state index contributed by atoms with van der Waals surface area (Å²) >= 11 is 1.56. The first-order valence-electron chi connectivity index (χ1n) is 6.40. The Labute approximate surface area is 115 Å². The highest BCUT2D eigenvalue weighted by molar-refractivity contribution is 7.99. The van der Waals surface area contributed by atoms with E-state index in [1.165, 1.54) is 12.5 Å². The molecule has 1 aromatic heterocycles. The molecule has 6 heteroatoms. The first kappa shape index (κ1) is 14.7. The normalized spacial score (nSPS) is 24.4. The zero-order chi connectivity index (χ0) is 13.9. The highest BCUT2D eigenvalue weighted by Gasteiger charge is 2.31. The minimum atomic E-state index is -4.32. The van der Waals surface area contributed by atoms with Crippen molar-refractivity contribution in [1.29, 1.82) is 0 Å². The van der Waals surface area contributed by atoms with Gasteiger partial charge < -0.3 is 5.73 Å². The van der Waals surface area contributed by atoms with Crippen molar-refractivity contribution in [3.05, 3.63) is 23.9 Å². The summed E-state index contributed by atoms with van der Waals surface area (Å²) in [5.74, 6) is 0.447. The molecule has 0 aromatic carbocycles. The number of aromatic nitrogens is 1. The number of hydrogen-bond acceptors (Lipinski definition) is 3. The van der Waals surface area contributed by atoms with Crippen molar-refractivity contribution >= 4 is 11.8 Å². The lowest BCUT2D eigenvalue weighted by atomic mass is 9.89. The third-order valence-corrected chi connectivity index (χ3v) is 4.88. The zero-order valence-electron chi connectivity index (χ0n) is 10.5. The molecule has 2 nitrogen and oxygen atoms in total. The second-order valence-electron chi connectivity index (χ2n) is 4.82. The van der Waals surface area contributed by atoms with Gasteiger partial charge in [-0.15, -0.1) is 11.8 Å². The summed E-state index contributed by atoms with van der Waals surface area (Å²) in [4.78, 5) is 3.91. The van der Waals surface area contributed by atoms with Crippen molar-refractivity contribution < 1.29 is 13.2 Å². The summed E-state index contributed by atoms with van der Waals surface area (Å²) in [5, 5.41) is 1.03. The molecule has 0 spiro atoms.